The van der Waals surface area contributed by atoms with E-state index in [2.05, 4.69) is 0 Å². The van der Waals surface area contributed by atoms with Crippen LogP contribution >= 0.6 is 14.6 Å². The van der Waals surface area contributed by atoms with Crippen molar-refractivity contribution >= 4 is 35.8 Å². The van der Waals surface area contributed by atoms with Crippen LogP contribution in [0.4, 0.5) is 0 Å². The summed E-state index contributed by atoms with van der Waals surface area (Å²) in [4.78, 5) is 47.9. The predicted octanol–water partition coefficient (Wildman–Crippen LogP) is 3.62. The Morgan fingerprint density at radius 2 is 0.714 bits per heavy atom. The first-order valence-corrected chi connectivity index (χ1v) is 15.4. The van der Waals surface area contributed by atoms with Crippen LogP contribution in [0.25, 0.3) is 0 Å². The zero-order chi connectivity index (χ0) is 25.0. The van der Waals surface area contributed by atoms with Crippen molar-refractivity contribution in [2.24, 2.45) is 0 Å². The molecule has 4 rings (SSSR count). The third-order valence-corrected chi connectivity index (χ3v) is 12.0. The second kappa shape index (κ2) is 9.51. The third kappa shape index (κ3) is 4.81. The summed E-state index contributed by atoms with van der Waals surface area (Å²) in [6, 6.07) is 33.1. The van der Waals surface area contributed by atoms with Crippen molar-refractivity contribution in [3.05, 3.63) is 121 Å². The Kier molecular flexibility index (Phi) is 6.96. The van der Waals surface area contributed by atoms with Crippen LogP contribution < -0.4 is 21.2 Å². The van der Waals surface area contributed by atoms with Gasteiger partial charge in [-0.15, -0.1) is 0 Å². The zero-order valence-electron chi connectivity index (χ0n) is 19.3. The Labute approximate surface area is 205 Å². The van der Waals surface area contributed by atoms with E-state index >= 15 is 0 Å². The summed E-state index contributed by atoms with van der Waals surface area (Å²) in [5.74, 6) is 0. The van der Waals surface area contributed by atoms with Crippen LogP contribution in [0.2, 0.25) is 0 Å². The van der Waals surface area contributed by atoms with E-state index in [1.807, 2.05) is 0 Å². The summed E-state index contributed by atoms with van der Waals surface area (Å²) in [5.41, 5.74) is 0. The fourth-order valence-electron chi connectivity index (χ4n) is 3.94. The molecule has 4 N–H and O–H groups in total. The molecule has 0 aromatic heterocycles. The molecule has 0 spiro atoms. The molecule has 4 aromatic rings. The molecule has 0 fully saturated rings. The van der Waals surface area contributed by atoms with Gasteiger partial charge in [0.1, 0.15) is 0 Å². The van der Waals surface area contributed by atoms with Crippen LogP contribution in [0.1, 0.15) is 13.3 Å². The monoisotopic (exact) mass is 512 g/mol. The van der Waals surface area contributed by atoms with Gasteiger partial charge in [-0.2, -0.15) is 0 Å². The maximum absolute atomic E-state index is 12.0. The van der Waals surface area contributed by atoms with E-state index < -0.39 is 20.9 Å². The Morgan fingerprint density at radius 1 is 0.486 bits per heavy atom. The topological polar surface area (TPSA) is 99.4 Å². The van der Waals surface area contributed by atoms with Gasteiger partial charge < -0.3 is 0 Å². The molecule has 35 heavy (non-hydrogen) atoms. The molecule has 6 nitrogen and oxygen atoms in total. The first kappa shape index (κ1) is 25.6. The molecule has 0 aliphatic rings. The fraction of sp³-hybridized carbons (Fsp3) is 0.111. The van der Waals surface area contributed by atoms with Crippen molar-refractivity contribution in [3.63, 3.8) is 0 Å². The number of rotatable bonds is 9. The van der Waals surface area contributed by atoms with Crippen LogP contribution in [0.5, 0.6) is 0 Å². The number of hydrogen-bond donors (Lipinski definition) is 4. The number of benzene rings is 4. The molecule has 0 saturated heterocycles. The van der Waals surface area contributed by atoms with Gasteiger partial charge in [0.25, 0.3) is 0 Å². The molecule has 8 heteroatoms. The van der Waals surface area contributed by atoms with E-state index in [-0.39, 0.29) is 27.6 Å². The standard InChI is InChI=1S/C27H30O6P2/c1-2-27(32-34(28,29,23-15-7-3-8-16-23)24-17-9-4-10-18-24)33-35(30,31,25-19-11-5-12-20-25)26-21-13-6-14-22-26/h3-22,27-31H,2H2,1H3. The molecular formula is C27H30O6P2. The van der Waals surface area contributed by atoms with Gasteiger partial charge >= 0.3 is 205 Å². The molecule has 4 aromatic carbocycles. The van der Waals surface area contributed by atoms with Gasteiger partial charge in [-0.3, -0.25) is 0 Å². The van der Waals surface area contributed by atoms with E-state index in [1.54, 1.807) is 128 Å². The minimum absolute atomic E-state index is 0.109. The molecule has 0 saturated carbocycles. The molecule has 0 bridgehead atoms. The number of hydrogen-bond acceptors (Lipinski definition) is 6. The molecular weight excluding hydrogens is 482 g/mol. The molecule has 0 radical (unpaired) electrons. The van der Waals surface area contributed by atoms with Crippen LogP contribution in [0, 0.1) is 0 Å². The average molecular weight is 512 g/mol. The summed E-state index contributed by atoms with van der Waals surface area (Å²) in [5, 5.41) is 0.675. The molecule has 0 heterocycles. The SMILES string of the molecule is CCC(OP(O)(O)(c1ccccc1)c1ccccc1)OP(O)(O)(c1ccccc1)c1ccccc1. The van der Waals surface area contributed by atoms with Gasteiger partial charge in [0.15, 0.2) is 0 Å². The molecule has 0 aliphatic heterocycles. The van der Waals surface area contributed by atoms with Crippen molar-refractivity contribution in [1.29, 1.82) is 0 Å². The minimum atomic E-state index is -5.25. The average Bonchev–Trinajstić information content (AvgIpc) is 2.90. The maximum atomic E-state index is 12.0. The van der Waals surface area contributed by atoms with E-state index in [0.29, 0.717) is 0 Å². The quantitative estimate of drug-likeness (QED) is 0.202. The molecule has 0 unspecified atom stereocenters. The van der Waals surface area contributed by atoms with Crippen LogP contribution in [-0.4, -0.2) is 25.9 Å². The summed E-state index contributed by atoms with van der Waals surface area (Å²) in [6.07, 6.45) is -1.27. The summed E-state index contributed by atoms with van der Waals surface area (Å²) < 4.78 is 12.2. The normalized spacial score (nSPS) is 15.3. The Bertz CT molecular complexity index is 1070. The predicted molar refractivity (Wildman–Crippen MR) is 143 cm³/mol. The van der Waals surface area contributed by atoms with Crippen molar-refractivity contribution in [2.75, 3.05) is 0 Å². The third-order valence-electron chi connectivity index (χ3n) is 5.85. The Morgan fingerprint density at radius 3 is 0.914 bits per heavy atom. The van der Waals surface area contributed by atoms with Crippen LogP contribution in [-0.2, 0) is 9.05 Å². The Hall–Kier alpha value is -2.50. The van der Waals surface area contributed by atoms with Crippen molar-refractivity contribution in [3.8, 4) is 0 Å². The van der Waals surface area contributed by atoms with Gasteiger partial charge in [-0.05, 0) is 0 Å². The van der Waals surface area contributed by atoms with Gasteiger partial charge in [0, 0.05) is 0 Å². The summed E-state index contributed by atoms with van der Waals surface area (Å²) >= 11 is 0. The summed E-state index contributed by atoms with van der Waals surface area (Å²) in [7, 11) is -10.5. The molecule has 184 valence electrons. The van der Waals surface area contributed by atoms with Crippen molar-refractivity contribution in [1.82, 2.24) is 0 Å². The zero-order valence-corrected chi connectivity index (χ0v) is 21.1. The van der Waals surface area contributed by atoms with Crippen molar-refractivity contribution in [2.45, 2.75) is 19.6 Å². The van der Waals surface area contributed by atoms with Gasteiger partial charge in [-0.25, -0.2) is 0 Å². The molecule has 0 atom stereocenters. The van der Waals surface area contributed by atoms with Crippen LogP contribution in [0.3, 0.4) is 0 Å². The molecule has 0 aliphatic carbocycles. The first-order chi connectivity index (χ1) is 16.7. The second-order valence-electron chi connectivity index (χ2n) is 8.29. The van der Waals surface area contributed by atoms with Crippen molar-refractivity contribution < 1.29 is 28.6 Å². The second-order valence-corrected chi connectivity index (χ2v) is 14.6. The van der Waals surface area contributed by atoms with Crippen LogP contribution in [0.15, 0.2) is 121 Å². The van der Waals surface area contributed by atoms with E-state index in [0.717, 1.165) is 0 Å². The van der Waals surface area contributed by atoms with E-state index in [9.17, 15) is 19.6 Å². The van der Waals surface area contributed by atoms with Gasteiger partial charge in [0.05, 0.1) is 0 Å². The van der Waals surface area contributed by atoms with Gasteiger partial charge in [0.2, 0.25) is 0 Å². The fourth-order valence-corrected chi connectivity index (χ4v) is 9.21. The first-order valence-electron chi connectivity index (χ1n) is 11.3. The van der Waals surface area contributed by atoms with E-state index in [1.165, 1.54) is 0 Å². The summed E-state index contributed by atoms with van der Waals surface area (Å²) in [6.45, 7) is 1.71. The van der Waals surface area contributed by atoms with Gasteiger partial charge in [-0.1, -0.05) is 0 Å². The molecule has 0 amide bonds. The van der Waals surface area contributed by atoms with E-state index in [4.69, 9.17) is 9.05 Å². The Balaban J connectivity index is 1.84.